The minimum absolute atomic E-state index is 0.272. The van der Waals surface area contributed by atoms with Gasteiger partial charge in [0.15, 0.2) is 11.5 Å². The zero-order chi connectivity index (χ0) is 19.1. The molecule has 1 N–H and O–H groups in total. The molecule has 0 heterocycles. The number of hydrogen-bond donors (Lipinski definition) is 1. The van der Waals surface area contributed by atoms with Gasteiger partial charge < -0.3 is 14.6 Å². The van der Waals surface area contributed by atoms with Gasteiger partial charge in [0, 0.05) is 0 Å². The van der Waals surface area contributed by atoms with Crippen LogP contribution in [0, 0.1) is 0 Å². The fourth-order valence-electron chi connectivity index (χ4n) is 2.57. The zero-order valence-electron chi connectivity index (χ0n) is 15.0. The van der Waals surface area contributed by atoms with Gasteiger partial charge in [-0.2, -0.15) is 0 Å². The molecule has 0 saturated heterocycles. The van der Waals surface area contributed by atoms with E-state index in [1.165, 1.54) is 0 Å². The molecule has 0 radical (unpaired) electrons. The number of hydrogen-bond acceptors (Lipinski definition) is 3. The topological polar surface area (TPSA) is 55.8 Å². The van der Waals surface area contributed by atoms with Crippen molar-refractivity contribution < 1.29 is 19.4 Å². The predicted molar refractivity (Wildman–Crippen MR) is 106 cm³/mol. The molecule has 3 aromatic rings. The van der Waals surface area contributed by atoms with Crippen molar-refractivity contribution in [1.82, 2.24) is 0 Å². The Morgan fingerprint density at radius 1 is 0.889 bits per heavy atom. The maximum atomic E-state index is 10.9. The Bertz CT molecular complexity index is 928. The van der Waals surface area contributed by atoms with Gasteiger partial charge in [-0.05, 0) is 41.0 Å². The van der Waals surface area contributed by atoms with Gasteiger partial charge in [0.2, 0.25) is 0 Å². The first-order valence-electron chi connectivity index (χ1n) is 8.52. The highest BCUT2D eigenvalue weighted by Crippen LogP contribution is 2.29. The molecule has 0 aliphatic carbocycles. The van der Waals surface area contributed by atoms with Crippen molar-refractivity contribution in [1.29, 1.82) is 0 Å². The first-order valence-corrected chi connectivity index (χ1v) is 8.52. The predicted octanol–water partition coefficient (Wildman–Crippen LogP) is 5.14. The zero-order valence-corrected chi connectivity index (χ0v) is 15.0. The Hall–Kier alpha value is -3.53. The first-order chi connectivity index (χ1) is 13.2. The molecule has 0 amide bonds. The Labute approximate surface area is 158 Å². The van der Waals surface area contributed by atoms with E-state index in [2.05, 4.69) is 0 Å². The maximum Gasteiger partial charge on any atom is 0.335 e. The van der Waals surface area contributed by atoms with Crippen LogP contribution in [0.3, 0.4) is 0 Å². The van der Waals surface area contributed by atoms with Crippen molar-refractivity contribution in [2.45, 2.75) is 6.61 Å². The summed E-state index contributed by atoms with van der Waals surface area (Å²) >= 11 is 0. The minimum atomic E-state index is -0.929. The summed E-state index contributed by atoms with van der Waals surface area (Å²) in [5, 5.41) is 8.94. The lowest BCUT2D eigenvalue weighted by atomic mass is 10.1. The number of benzene rings is 3. The number of aromatic carboxylic acids is 1. The third-order valence-electron chi connectivity index (χ3n) is 4.05. The van der Waals surface area contributed by atoms with E-state index in [4.69, 9.17) is 14.6 Å². The Morgan fingerprint density at radius 3 is 2.22 bits per heavy atom. The van der Waals surface area contributed by atoms with Gasteiger partial charge in [0.25, 0.3) is 0 Å². The van der Waals surface area contributed by atoms with E-state index in [1.54, 1.807) is 31.4 Å². The molecule has 0 bridgehead atoms. The SMILES string of the molecule is COc1cc(C=Cc2ccc(C(=O)O)cc2)ccc1OCc1ccccc1. The number of carboxylic acids is 1. The first kappa shape index (κ1) is 18.3. The molecule has 0 saturated carbocycles. The fraction of sp³-hybridized carbons (Fsp3) is 0.0870. The van der Waals surface area contributed by atoms with Gasteiger partial charge in [0.1, 0.15) is 6.61 Å². The molecular formula is C23H20O4. The second-order valence-corrected chi connectivity index (χ2v) is 5.95. The van der Waals surface area contributed by atoms with Gasteiger partial charge in [-0.3, -0.25) is 0 Å². The van der Waals surface area contributed by atoms with E-state index in [0.29, 0.717) is 18.1 Å². The molecule has 0 aliphatic heterocycles. The van der Waals surface area contributed by atoms with Crippen molar-refractivity contribution in [3.05, 3.63) is 95.1 Å². The quantitative estimate of drug-likeness (QED) is 0.593. The Balaban J connectivity index is 1.70. The number of rotatable bonds is 7. The van der Waals surface area contributed by atoms with Crippen LogP contribution < -0.4 is 9.47 Å². The van der Waals surface area contributed by atoms with E-state index < -0.39 is 5.97 Å². The van der Waals surface area contributed by atoms with Gasteiger partial charge in [-0.25, -0.2) is 4.79 Å². The second-order valence-electron chi connectivity index (χ2n) is 5.95. The third kappa shape index (κ3) is 4.98. The van der Waals surface area contributed by atoms with E-state index >= 15 is 0 Å². The molecule has 27 heavy (non-hydrogen) atoms. The summed E-state index contributed by atoms with van der Waals surface area (Å²) in [6.07, 6.45) is 3.87. The highest BCUT2D eigenvalue weighted by atomic mass is 16.5. The summed E-state index contributed by atoms with van der Waals surface area (Å²) in [4.78, 5) is 10.9. The Morgan fingerprint density at radius 2 is 1.56 bits per heavy atom. The summed E-state index contributed by atoms with van der Waals surface area (Å²) < 4.78 is 11.3. The number of methoxy groups -OCH3 is 1. The van der Waals surface area contributed by atoms with E-state index in [-0.39, 0.29) is 5.56 Å². The van der Waals surface area contributed by atoms with E-state index in [1.807, 2.05) is 60.7 Å². The second kappa shape index (κ2) is 8.72. The standard InChI is InChI=1S/C23H20O4/c1-26-22-15-18(8-7-17-9-12-20(13-10-17)23(24)25)11-14-21(22)27-16-19-5-3-2-4-6-19/h2-15H,16H2,1H3,(H,24,25). The smallest absolute Gasteiger partial charge is 0.335 e. The largest absolute Gasteiger partial charge is 0.493 e. The van der Waals surface area contributed by atoms with Crippen molar-refractivity contribution in [2.24, 2.45) is 0 Å². The van der Waals surface area contributed by atoms with Crippen molar-refractivity contribution >= 4 is 18.1 Å². The number of carboxylic acid groups (broad SMARTS) is 1. The lowest BCUT2D eigenvalue weighted by Gasteiger charge is -2.11. The molecule has 3 aromatic carbocycles. The van der Waals surface area contributed by atoms with Crippen molar-refractivity contribution in [3.63, 3.8) is 0 Å². The molecule has 0 spiro atoms. The van der Waals surface area contributed by atoms with E-state index in [0.717, 1.165) is 16.7 Å². The summed E-state index contributed by atoms with van der Waals surface area (Å²) in [6, 6.07) is 22.4. The number of ether oxygens (including phenoxy) is 2. The normalized spacial score (nSPS) is 10.7. The maximum absolute atomic E-state index is 10.9. The average molecular weight is 360 g/mol. The van der Waals surface area contributed by atoms with Crippen molar-refractivity contribution in [3.8, 4) is 11.5 Å². The molecule has 4 heteroatoms. The molecule has 0 fully saturated rings. The summed E-state index contributed by atoms with van der Waals surface area (Å²) in [5.41, 5.74) is 3.24. The Kier molecular flexibility index (Phi) is 5.90. The van der Waals surface area contributed by atoms with Gasteiger partial charge in [0.05, 0.1) is 12.7 Å². The van der Waals surface area contributed by atoms with Gasteiger partial charge in [-0.1, -0.05) is 60.7 Å². The minimum Gasteiger partial charge on any atom is -0.493 e. The molecular weight excluding hydrogens is 340 g/mol. The highest BCUT2D eigenvalue weighted by molar-refractivity contribution is 5.88. The summed E-state index contributed by atoms with van der Waals surface area (Å²) in [7, 11) is 1.61. The van der Waals surface area contributed by atoms with Crippen LogP contribution in [0.15, 0.2) is 72.8 Å². The van der Waals surface area contributed by atoms with Crippen LogP contribution in [0.25, 0.3) is 12.2 Å². The lowest BCUT2D eigenvalue weighted by Crippen LogP contribution is -1.97. The van der Waals surface area contributed by atoms with Crippen LogP contribution in [0.4, 0.5) is 0 Å². The lowest BCUT2D eigenvalue weighted by molar-refractivity contribution is 0.0697. The molecule has 136 valence electrons. The summed E-state index contributed by atoms with van der Waals surface area (Å²) in [5.74, 6) is 0.417. The molecule has 4 nitrogen and oxygen atoms in total. The fourth-order valence-corrected chi connectivity index (χ4v) is 2.57. The molecule has 0 aliphatic rings. The van der Waals surface area contributed by atoms with Crippen LogP contribution in [0.1, 0.15) is 27.0 Å². The van der Waals surface area contributed by atoms with Crippen LogP contribution in [-0.4, -0.2) is 18.2 Å². The molecule has 0 atom stereocenters. The van der Waals surface area contributed by atoms with Crippen LogP contribution >= 0.6 is 0 Å². The number of carbonyl (C=O) groups is 1. The summed E-state index contributed by atoms with van der Waals surface area (Å²) in [6.45, 7) is 0.475. The molecule has 3 rings (SSSR count). The van der Waals surface area contributed by atoms with Gasteiger partial charge >= 0.3 is 5.97 Å². The molecule has 0 unspecified atom stereocenters. The molecule has 0 aromatic heterocycles. The van der Waals surface area contributed by atoms with Crippen LogP contribution in [0.2, 0.25) is 0 Å². The van der Waals surface area contributed by atoms with Crippen LogP contribution in [-0.2, 0) is 6.61 Å². The van der Waals surface area contributed by atoms with Crippen molar-refractivity contribution in [2.75, 3.05) is 7.11 Å². The van der Waals surface area contributed by atoms with Crippen LogP contribution in [0.5, 0.6) is 11.5 Å². The van der Waals surface area contributed by atoms with Gasteiger partial charge in [-0.15, -0.1) is 0 Å². The average Bonchev–Trinajstić information content (AvgIpc) is 2.72. The van der Waals surface area contributed by atoms with E-state index in [9.17, 15) is 4.79 Å². The highest BCUT2D eigenvalue weighted by Gasteiger charge is 2.05. The monoisotopic (exact) mass is 360 g/mol. The third-order valence-corrected chi connectivity index (χ3v) is 4.05.